The molecular formula is C14H21BrN2O2S2. The van der Waals surface area contributed by atoms with Gasteiger partial charge in [-0.15, -0.1) is 11.3 Å². The fourth-order valence-corrected chi connectivity index (χ4v) is 6.25. The van der Waals surface area contributed by atoms with E-state index in [0.29, 0.717) is 33.1 Å². The Bertz CT molecular complexity index is 625. The number of hydrogen-bond donors (Lipinski definition) is 1. The first-order chi connectivity index (χ1) is 9.88. The van der Waals surface area contributed by atoms with Crippen molar-refractivity contribution in [2.24, 2.45) is 11.8 Å². The maximum Gasteiger partial charge on any atom is 0.244 e. The highest BCUT2D eigenvalue weighted by Crippen LogP contribution is 2.40. The van der Waals surface area contributed by atoms with E-state index in [1.54, 1.807) is 7.05 Å². The van der Waals surface area contributed by atoms with Crippen molar-refractivity contribution in [1.29, 1.82) is 0 Å². The highest BCUT2D eigenvalue weighted by atomic mass is 79.9. The van der Waals surface area contributed by atoms with Crippen molar-refractivity contribution in [1.82, 2.24) is 9.62 Å². The van der Waals surface area contributed by atoms with Gasteiger partial charge in [-0.3, -0.25) is 0 Å². The lowest BCUT2D eigenvalue weighted by molar-refractivity contribution is 0.444. The fraction of sp³-hybridized carbons (Fsp3) is 0.714. The molecule has 118 valence electrons. The lowest BCUT2D eigenvalue weighted by atomic mass is 10.3. The van der Waals surface area contributed by atoms with Gasteiger partial charge in [0, 0.05) is 31.1 Å². The van der Waals surface area contributed by atoms with Gasteiger partial charge < -0.3 is 5.32 Å². The summed E-state index contributed by atoms with van der Waals surface area (Å²) in [5.41, 5.74) is 0. The van der Waals surface area contributed by atoms with Crippen LogP contribution < -0.4 is 5.32 Å². The molecule has 4 nitrogen and oxygen atoms in total. The summed E-state index contributed by atoms with van der Waals surface area (Å²) in [6.45, 7) is 3.56. The minimum Gasteiger partial charge on any atom is -0.309 e. The molecule has 0 bridgehead atoms. The van der Waals surface area contributed by atoms with Crippen LogP contribution in [0.3, 0.4) is 0 Å². The molecule has 0 aromatic carbocycles. The zero-order valence-electron chi connectivity index (χ0n) is 12.3. The quantitative estimate of drug-likeness (QED) is 0.775. The predicted octanol–water partition coefficient (Wildman–Crippen LogP) is 3.04. The number of sulfonamides is 1. The van der Waals surface area contributed by atoms with E-state index in [-0.39, 0.29) is 0 Å². The molecule has 21 heavy (non-hydrogen) atoms. The molecule has 1 N–H and O–H groups in total. The molecule has 1 heterocycles. The number of rotatable bonds is 7. The van der Waals surface area contributed by atoms with Crippen LogP contribution in [0.5, 0.6) is 0 Å². The van der Waals surface area contributed by atoms with Crippen molar-refractivity contribution in [2.45, 2.75) is 43.7 Å². The summed E-state index contributed by atoms with van der Waals surface area (Å²) < 4.78 is 27.6. The minimum atomic E-state index is -3.38. The van der Waals surface area contributed by atoms with Crippen LogP contribution in [0, 0.1) is 11.8 Å². The largest absolute Gasteiger partial charge is 0.309 e. The maximum absolute atomic E-state index is 12.7. The molecule has 2 aliphatic carbocycles. The summed E-state index contributed by atoms with van der Waals surface area (Å²) >= 11 is 4.93. The summed E-state index contributed by atoms with van der Waals surface area (Å²) in [5.74, 6) is 1.19. The molecule has 0 aliphatic heterocycles. The zero-order chi connectivity index (χ0) is 15.2. The van der Waals surface area contributed by atoms with Crippen molar-refractivity contribution < 1.29 is 8.42 Å². The van der Waals surface area contributed by atoms with Gasteiger partial charge in [-0.1, -0.05) is 6.92 Å². The Balaban J connectivity index is 1.70. The second-order valence-electron chi connectivity index (χ2n) is 6.26. The van der Waals surface area contributed by atoms with Crippen LogP contribution in [-0.2, 0) is 16.6 Å². The number of thiophene rings is 1. The van der Waals surface area contributed by atoms with Crippen molar-refractivity contribution in [3.8, 4) is 0 Å². The average molecular weight is 393 g/mol. The number of nitrogens with zero attached hydrogens (tertiary/aromatic N) is 1. The van der Waals surface area contributed by atoms with Crippen LogP contribution in [0.4, 0.5) is 0 Å². The SMILES string of the molecule is CC1CC1CN(C)S(=O)(=O)c1cc(CNC2CC2)sc1Br. The molecule has 1 aromatic heterocycles. The molecule has 2 fully saturated rings. The molecule has 0 spiro atoms. The van der Waals surface area contributed by atoms with Gasteiger partial charge in [0.25, 0.3) is 0 Å². The van der Waals surface area contributed by atoms with Gasteiger partial charge in [0.15, 0.2) is 0 Å². The first-order valence-electron chi connectivity index (χ1n) is 7.36. The van der Waals surface area contributed by atoms with Gasteiger partial charge in [0.05, 0.1) is 3.79 Å². The lowest BCUT2D eigenvalue weighted by Crippen LogP contribution is -2.29. The van der Waals surface area contributed by atoms with E-state index < -0.39 is 10.0 Å². The molecule has 2 saturated carbocycles. The predicted molar refractivity (Wildman–Crippen MR) is 89.0 cm³/mol. The van der Waals surface area contributed by atoms with Crippen LogP contribution in [0.1, 0.15) is 31.1 Å². The van der Waals surface area contributed by atoms with Crippen molar-refractivity contribution in [3.63, 3.8) is 0 Å². The molecule has 0 amide bonds. The molecule has 2 unspecified atom stereocenters. The van der Waals surface area contributed by atoms with E-state index in [4.69, 9.17) is 0 Å². The van der Waals surface area contributed by atoms with Crippen molar-refractivity contribution >= 4 is 37.3 Å². The van der Waals surface area contributed by atoms with Crippen LogP contribution in [0.2, 0.25) is 0 Å². The van der Waals surface area contributed by atoms with E-state index in [9.17, 15) is 8.42 Å². The van der Waals surface area contributed by atoms with E-state index in [0.717, 1.165) is 17.8 Å². The Hall–Kier alpha value is 0.0500. The molecule has 0 saturated heterocycles. The summed E-state index contributed by atoms with van der Waals surface area (Å²) in [4.78, 5) is 1.48. The molecule has 2 aliphatic rings. The maximum atomic E-state index is 12.7. The summed E-state index contributed by atoms with van der Waals surface area (Å²) in [6, 6.07) is 2.44. The molecule has 3 rings (SSSR count). The van der Waals surface area contributed by atoms with Crippen LogP contribution in [0.25, 0.3) is 0 Å². The monoisotopic (exact) mass is 392 g/mol. The fourth-order valence-electron chi connectivity index (χ4n) is 2.44. The summed E-state index contributed by atoms with van der Waals surface area (Å²) in [7, 11) is -1.69. The molecule has 0 radical (unpaired) electrons. The van der Waals surface area contributed by atoms with E-state index >= 15 is 0 Å². The topological polar surface area (TPSA) is 49.4 Å². The van der Waals surface area contributed by atoms with E-state index in [1.807, 2.05) is 6.07 Å². The average Bonchev–Trinajstić information content (AvgIpc) is 3.31. The summed E-state index contributed by atoms with van der Waals surface area (Å²) in [6.07, 6.45) is 3.61. The van der Waals surface area contributed by atoms with Gasteiger partial charge in [0.2, 0.25) is 10.0 Å². The first-order valence-corrected chi connectivity index (χ1v) is 10.4. The standard InChI is InChI=1S/C14H21BrN2O2S2/c1-9-5-10(9)8-17(2)21(18,19)13-6-12(20-14(13)15)7-16-11-3-4-11/h6,9-11,16H,3-5,7-8H2,1-2H3. The highest BCUT2D eigenvalue weighted by molar-refractivity contribution is 9.11. The number of halogens is 1. The smallest absolute Gasteiger partial charge is 0.244 e. The van der Waals surface area contributed by atoms with Gasteiger partial charge in [-0.05, 0) is 53.1 Å². The molecule has 2 atom stereocenters. The number of hydrogen-bond acceptors (Lipinski definition) is 4. The number of nitrogens with one attached hydrogen (secondary N) is 1. The molecule has 1 aromatic rings. The lowest BCUT2D eigenvalue weighted by Gasteiger charge is -2.16. The van der Waals surface area contributed by atoms with E-state index in [2.05, 4.69) is 28.2 Å². The van der Waals surface area contributed by atoms with Gasteiger partial charge in [0.1, 0.15) is 4.90 Å². The summed E-state index contributed by atoms with van der Waals surface area (Å²) in [5, 5.41) is 3.42. The van der Waals surface area contributed by atoms with Gasteiger partial charge in [-0.2, -0.15) is 0 Å². The third kappa shape index (κ3) is 3.69. The highest BCUT2D eigenvalue weighted by Gasteiger charge is 2.37. The van der Waals surface area contributed by atoms with Crippen LogP contribution in [-0.4, -0.2) is 32.4 Å². The Labute approximate surface area is 139 Å². The molecule has 7 heteroatoms. The third-order valence-electron chi connectivity index (χ3n) is 4.30. The van der Waals surface area contributed by atoms with Gasteiger partial charge in [-0.25, -0.2) is 12.7 Å². The first kappa shape index (κ1) is 15.9. The van der Waals surface area contributed by atoms with Crippen molar-refractivity contribution in [3.05, 3.63) is 14.7 Å². The Kier molecular flexibility index (Phi) is 4.49. The van der Waals surface area contributed by atoms with E-state index in [1.165, 1.54) is 28.5 Å². The minimum absolute atomic E-state index is 0.413. The Morgan fingerprint density at radius 3 is 2.71 bits per heavy atom. The van der Waals surface area contributed by atoms with Gasteiger partial charge >= 0.3 is 0 Å². The van der Waals surface area contributed by atoms with Crippen LogP contribution in [0.15, 0.2) is 14.7 Å². The Morgan fingerprint density at radius 1 is 1.48 bits per heavy atom. The third-order valence-corrected chi connectivity index (χ3v) is 8.38. The normalized spacial score (nSPS) is 25.5. The molecular weight excluding hydrogens is 372 g/mol. The zero-order valence-corrected chi connectivity index (χ0v) is 15.5. The van der Waals surface area contributed by atoms with Crippen molar-refractivity contribution in [2.75, 3.05) is 13.6 Å². The second kappa shape index (κ2) is 5.92. The second-order valence-corrected chi connectivity index (χ2v) is 10.7. The van der Waals surface area contributed by atoms with Crippen LogP contribution >= 0.6 is 27.3 Å². The Morgan fingerprint density at radius 2 is 2.14 bits per heavy atom.